The van der Waals surface area contributed by atoms with Crippen LogP contribution >= 0.6 is 22.9 Å². The molecule has 1 N–H and O–H groups in total. The van der Waals surface area contributed by atoms with Gasteiger partial charge in [0.2, 0.25) is 5.91 Å². The fraction of sp³-hybridized carbons (Fsp3) is 0.375. The molecule has 0 aliphatic heterocycles. The molecule has 0 fully saturated rings. The summed E-state index contributed by atoms with van der Waals surface area (Å²) in [6, 6.07) is 5.54. The average molecular weight is 339 g/mol. The van der Waals surface area contributed by atoms with Crippen molar-refractivity contribution in [2.24, 2.45) is 0 Å². The molecule has 118 valence electrons. The minimum atomic E-state index is -0.0229. The number of amides is 1. The van der Waals surface area contributed by atoms with Gasteiger partial charge >= 0.3 is 0 Å². The highest BCUT2D eigenvalue weighted by atomic mass is 35.5. The van der Waals surface area contributed by atoms with E-state index in [0.29, 0.717) is 31.0 Å². The Hall–Kier alpha value is -1.59. The summed E-state index contributed by atoms with van der Waals surface area (Å²) in [4.78, 5) is 16.2. The van der Waals surface area contributed by atoms with Crippen LogP contribution in [0.2, 0.25) is 5.02 Å². The first kappa shape index (κ1) is 16.8. The van der Waals surface area contributed by atoms with Crippen LogP contribution in [-0.2, 0) is 17.6 Å². The molecule has 0 bridgehead atoms. The normalized spacial score (nSPS) is 10.5. The maximum Gasteiger partial charge on any atom is 0.226 e. The largest absolute Gasteiger partial charge is 0.494 e. The second kappa shape index (κ2) is 8.15. The molecule has 22 heavy (non-hydrogen) atoms. The van der Waals surface area contributed by atoms with Crippen molar-refractivity contribution in [2.45, 2.75) is 26.7 Å². The number of nitrogens with one attached hydrogen (secondary N) is 1. The van der Waals surface area contributed by atoms with Crippen molar-refractivity contribution in [1.29, 1.82) is 0 Å². The van der Waals surface area contributed by atoms with Crippen molar-refractivity contribution >= 4 is 28.8 Å². The third-order valence-electron chi connectivity index (χ3n) is 3.05. The lowest BCUT2D eigenvalue weighted by Gasteiger charge is -2.11. The number of aromatic nitrogens is 1. The Morgan fingerprint density at radius 3 is 2.95 bits per heavy atom. The van der Waals surface area contributed by atoms with Gasteiger partial charge in [0, 0.05) is 16.9 Å². The number of halogens is 1. The molecule has 2 rings (SSSR count). The zero-order valence-corrected chi connectivity index (χ0v) is 14.3. The Labute approximate surface area is 139 Å². The summed E-state index contributed by atoms with van der Waals surface area (Å²) >= 11 is 7.57. The standard InChI is InChI=1S/C16H19ClN2O2S/c1-3-21-15-5-4-13(17)8-12(15)6-7-18-16(20)9-14-10-22-11(2)19-14/h4-5,8,10H,3,6-7,9H2,1-2H3,(H,18,20). The third kappa shape index (κ3) is 5.00. The number of nitrogens with zero attached hydrogens (tertiary/aromatic N) is 1. The molecule has 1 aromatic carbocycles. The Bertz CT molecular complexity index is 643. The molecule has 1 heterocycles. The second-order valence-electron chi connectivity index (χ2n) is 4.82. The number of rotatable bonds is 7. The molecule has 0 saturated heterocycles. The van der Waals surface area contributed by atoms with Gasteiger partial charge in [-0.15, -0.1) is 11.3 Å². The highest BCUT2D eigenvalue weighted by Gasteiger charge is 2.08. The molecule has 6 heteroatoms. The Kier molecular flexibility index (Phi) is 6.21. The van der Waals surface area contributed by atoms with E-state index in [2.05, 4.69) is 10.3 Å². The van der Waals surface area contributed by atoms with Crippen LogP contribution in [0.4, 0.5) is 0 Å². The van der Waals surface area contributed by atoms with E-state index in [0.717, 1.165) is 22.0 Å². The van der Waals surface area contributed by atoms with Crippen LogP contribution in [0.1, 0.15) is 23.2 Å². The van der Waals surface area contributed by atoms with E-state index in [1.54, 1.807) is 17.4 Å². The monoisotopic (exact) mass is 338 g/mol. The van der Waals surface area contributed by atoms with Crippen LogP contribution in [0.25, 0.3) is 0 Å². The fourth-order valence-corrected chi connectivity index (χ4v) is 2.90. The fourth-order valence-electron chi connectivity index (χ4n) is 2.09. The van der Waals surface area contributed by atoms with Gasteiger partial charge in [-0.1, -0.05) is 11.6 Å². The highest BCUT2D eigenvalue weighted by molar-refractivity contribution is 7.09. The number of carbonyl (C=O) groups excluding carboxylic acids is 1. The summed E-state index contributed by atoms with van der Waals surface area (Å²) in [5.41, 5.74) is 1.82. The maximum atomic E-state index is 11.9. The molecule has 0 radical (unpaired) electrons. The van der Waals surface area contributed by atoms with Gasteiger partial charge in [-0.05, 0) is 44.0 Å². The summed E-state index contributed by atoms with van der Waals surface area (Å²) in [6.45, 7) is 5.02. The van der Waals surface area contributed by atoms with E-state index in [1.807, 2.05) is 31.4 Å². The zero-order chi connectivity index (χ0) is 15.9. The molecule has 1 amide bonds. The van der Waals surface area contributed by atoms with Crippen molar-refractivity contribution in [3.63, 3.8) is 0 Å². The summed E-state index contributed by atoms with van der Waals surface area (Å²) in [5, 5.41) is 6.46. The van der Waals surface area contributed by atoms with Crippen LogP contribution < -0.4 is 10.1 Å². The molecular formula is C16H19ClN2O2S. The molecule has 0 unspecified atom stereocenters. The van der Waals surface area contributed by atoms with Gasteiger partial charge in [-0.3, -0.25) is 4.79 Å². The molecular weight excluding hydrogens is 320 g/mol. The van der Waals surface area contributed by atoms with E-state index >= 15 is 0 Å². The topological polar surface area (TPSA) is 51.2 Å². The first-order valence-electron chi connectivity index (χ1n) is 7.17. The van der Waals surface area contributed by atoms with Crippen molar-refractivity contribution in [2.75, 3.05) is 13.2 Å². The lowest BCUT2D eigenvalue weighted by Crippen LogP contribution is -2.27. The van der Waals surface area contributed by atoms with Crippen molar-refractivity contribution < 1.29 is 9.53 Å². The minimum Gasteiger partial charge on any atom is -0.494 e. The molecule has 0 aliphatic rings. The first-order chi connectivity index (χ1) is 10.6. The maximum absolute atomic E-state index is 11.9. The Morgan fingerprint density at radius 1 is 1.45 bits per heavy atom. The molecule has 0 saturated carbocycles. The van der Waals surface area contributed by atoms with Crippen LogP contribution in [0.15, 0.2) is 23.6 Å². The number of aryl methyl sites for hydroxylation is 1. The molecule has 1 aromatic heterocycles. The van der Waals surface area contributed by atoms with Gasteiger partial charge in [0.1, 0.15) is 5.75 Å². The van der Waals surface area contributed by atoms with E-state index in [-0.39, 0.29) is 5.91 Å². The SMILES string of the molecule is CCOc1ccc(Cl)cc1CCNC(=O)Cc1csc(C)n1. The van der Waals surface area contributed by atoms with Gasteiger partial charge in [-0.2, -0.15) is 0 Å². The summed E-state index contributed by atoms with van der Waals surface area (Å²) in [6.07, 6.45) is 0.996. The average Bonchev–Trinajstić information content (AvgIpc) is 2.87. The molecule has 2 aromatic rings. The minimum absolute atomic E-state index is 0.0229. The van der Waals surface area contributed by atoms with E-state index in [9.17, 15) is 4.79 Å². The van der Waals surface area contributed by atoms with Crippen molar-refractivity contribution in [1.82, 2.24) is 10.3 Å². The van der Waals surface area contributed by atoms with E-state index < -0.39 is 0 Å². The number of hydrogen-bond donors (Lipinski definition) is 1. The first-order valence-corrected chi connectivity index (χ1v) is 8.43. The van der Waals surface area contributed by atoms with Gasteiger partial charge in [0.15, 0.2) is 0 Å². The lowest BCUT2D eigenvalue weighted by molar-refractivity contribution is -0.120. The number of thiazole rings is 1. The Balaban J connectivity index is 1.85. The van der Waals surface area contributed by atoms with Crippen LogP contribution in [0, 0.1) is 6.92 Å². The molecule has 0 atom stereocenters. The zero-order valence-electron chi connectivity index (χ0n) is 12.7. The van der Waals surface area contributed by atoms with Gasteiger partial charge in [0.05, 0.1) is 23.7 Å². The van der Waals surface area contributed by atoms with Crippen LogP contribution in [0.5, 0.6) is 5.75 Å². The quantitative estimate of drug-likeness (QED) is 0.841. The predicted molar refractivity (Wildman–Crippen MR) is 89.9 cm³/mol. The number of carbonyl (C=O) groups is 1. The van der Waals surface area contributed by atoms with Gasteiger partial charge < -0.3 is 10.1 Å². The molecule has 0 spiro atoms. The summed E-state index contributed by atoms with van der Waals surface area (Å²) in [7, 11) is 0. The predicted octanol–water partition coefficient (Wildman–Crippen LogP) is 3.41. The van der Waals surface area contributed by atoms with E-state index in [4.69, 9.17) is 16.3 Å². The van der Waals surface area contributed by atoms with Crippen molar-refractivity contribution in [3.05, 3.63) is 44.9 Å². The van der Waals surface area contributed by atoms with Gasteiger partial charge in [0.25, 0.3) is 0 Å². The lowest BCUT2D eigenvalue weighted by atomic mass is 10.1. The van der Waals surface area contributed by atoms with E-state index in [1.165, 1.54) is 0 Å². The van der Waals surface area contributed by atoms with Gasteiger partial charge in [-0.25, -0.2) is 4.98 Å². The third-order valence-corrected chi connectivity index (χ3v) is 4.10. The number of ether oxygens (including phenoxy) is 1. The number of hydrogen-bond acceptors (Lipinski definition) is 4. The highest BCUT2D eigenvalue weighted by Crippen LogP contribution is 2.23. The number of benzene rings is 1. The van der Waals surface area contributed by atoms with Crippen molar-refractivity contribution in [3.8, 4) is 5.75 Å². The smallest absolute Gasteiger partial charge is 0.226 e. The molecule has 0 aliphatic carbocycles. The summed E-state index contributed by atoms with van der Waals surface area (Å²) in [5.74, 6) is 0.793. The second-order valence-corrected chi connectivity index (χ2v) is 6.32. The molecule has 4 nitrogen and oxygen atoms in total. The van der Waals surface area contributed by atoms with Crippen LogP contribution in [-0.4, -0.2) is 24.0 Å². The Morgan fingerprint density at radius 2 is 2.27 bits per heavy atom. The van der Waals surface area contributed by atoms with Crippen LogP contribution in [0.3, 0.4) is 0 Å². The summed E-state index contributed by atoms with van der Waals surface area (Å²) < 4.78 is 5.57.